The fourth-order valence-electron chi connectivity index (χ4n) is 2.45. The molecule has 0 aromatic carbocycles. The Labute approximate surface area is 114 Å². The van der Waals surface area contributed by atoms with Gasteiger partial charge in [-0.15, -0.1) is 0 Å². The standard InChI is InChI=1S/C14H23NO4/c1-3-10(15-2)14-11(16)7-5-4-6-8-12(14)19-9-13(17)18/h12,15H,3-9H2,1-2H3,(H,17,18)/b14-10+. The van der Waals surface area contributed by atoms with E-state index in [9.17, 15) is 9.59 Å². The van der Waals surface area contributed by atoms with Crippen LogP contribution in [0.15, 0.2) is 11.3 Å². The SMILES string of the molecule is CC/C(NC)=C1/C(=O)CCCCCC1OCC(=O)O. The molecule has 1 saturated carbocycles. The normalized spacial score (nSPS) is 23.5. The maximum Gasteiger partial charge on any atom is 0.329 e. The molecule has 1 unspecified atom stereocenters. The summed E-state index contributed by atoms with van der Waals surface area (Å²) in [5.74, 6) is -0.919. The Morgan fingerprint density at radius 1 is 1.42 bits per heavy atom. The molecule has 1 aliphatic carbocycles. The first-order chi connectivity index (χ1) is 9.10. The minimum absolute atomic E-state index is 0.0845. The quantitative estimate of drug-likeness (QED) is 0.745. The van der Waals surface area contributed by atoms with Gasteiger partial charge in [0.2, 0.25) is 0 Å². The lowest BCUT2D eigenvalue weighted by Gasteiger charge is -2.24. The molecule has 1 aliphatic rings. The average molecular weight is 269 g/mol. The molecule has 0 saturated heterocycles. The van der Waals surface area contributed by atoms with Gasteiger partial charge in [0, 0.05) is 24.7 Å². The number of carbonyl (C=O) groups excluding carboxylic acids is 1. The van der Waals surface area contributed by atoms with E-state index in [0.717, 1.165) is 25.0 Å². The molecular formula is C14H23NO4. The summed E-state index contributed by atoms with van der Waals surface area (Å²) in [5, 5.41) is 11.8. The number of Topliss-reactive ketones (excluding diaryl/α,β-unsaturated/α-hetero) is 1. The Morgan fingerprint density at radius 3 is 2.74 bits per heavy atom. The van der Waals surface area contributed by atoms with Crippen LogP contribution < -0.4 is 5.32 Å². The molecule has 1 atom stereocenters. The van der Waals surface area contributed by atoms with E-state index in [1.807, 2.05) is 6.92 Å². The highest BCUT2D eigenvalue weighted by atomic mass is 16.5. The second kappa shape index (κ2) is 7.94. The van der Waals surface area contributed by atoms with E-state index in [1.54, 1.807) is 7.05 Å². The molecule has 0 aromatic rings. The summed E-state index contributed by atoms with van der Waals surface area (Å²) in [6.45, 7) is 1.61. The molecule has 108 valence electrons. The predicted octanol–water partition coefficient (Wildman–Crippen LogP) is 1.87. The van der Waals surface area contributed by atoms with Crippen molar-refractivity contribution in [1.82, 2.24) is 5.32 Å². The van der Waals surface area contributed by atoms with Crippen LogP contribution in [-0.2, 0) is 14.3 Å². The van der Waals surface area contributed by atoms with E-state index < -0.39 is 12.1 Å². The van der Waals surface area contributed by atoms with Crippen LogP contribution in [0.1, 0.15) is 45.4 Å². The zero-order valence-electron chi connectivity index (χ0n) is 11.7. The molecule has 0 aromatic heterocycles. The number of rotatable bonds is 5. The lowest BCUT2D eigenvalue weighted by molar-refractivity contribution is -0.144. The fourth-order valence-corrected chi connectivity index (χ4v) is 2.45. The molecule has 5 nitrogen and oxygen atoms in total. The van der Waals surface area contributed by atoms with E-state index in [-0.39, 0.29) is 12.4 Å². The van der Waals surface area contributed by atoms with Crippen molar-refractivity contribution in [3.63, 3.8) is 0 Å². The summed E-state index contributed by atoms with van der Waals surface area (Å²) in [6, 6.07) is 0. The monoisotopic (exact) mass is 269 g/mol. The number of carboxylic acid groups (broad SMARTS) is 1. The number of aliphatic carboxylic acids is 1. The number of ketones is 1. The van der Waals surface area contributed by atoms with Gasteiger partial charge in [-0.25, -0.2) is 4.79 Å². The molecular weight excluding hydrogens is 246 g/mol. The predicted molar refractivity (Wildman–Crippen MR) is 71.8 cm³/mol. The Kier molecular flexibility index (Phi) is 6.56. The topological polar surface area (TPSA) is 75.6 Å². The Morgan fingerprint density at radius 2 is 2.16 bits per heavy atom. The van der Waals surface area contributed by atoms with Crippen molar-refractivity contribution in [3.8, 4) is 0 Å². The minimum Gasteiger partial charge on any atom is -0.480 e. The van der Waals surface area contributed by atoms with Crippen LogP contribution in [0.3, 0.4) is 0 Å². The van der Waals surface area contributed by atoms with Gasteiger partial charge in [-0.3, -0.25) is 4.79 Å². The van der Waals surface area contributed by atoms with Gasteiger partial charge in [0.1, 0.15) is 6.61 Å². The number of ether oxygens (including phenoxy) is 1. The van der Waals surface area contributed by atoms with Crippen molar-refractivity contribution in [3.05, 3.63) is 11.3 Å². The third kappa shape index (κ3) is 4.67. The fraction of sp³-hybridized carbons (Fsp3) is 0.714. The first kappa shape index (κ1) is 15.7. The molecule has 0 amide bonds. The highest BCUT2D eigenvalue weighted by molar-refractivity contribution is 5.97. The molecule has 0 heterocycles. The smallest absolute Gasteiger partial charge is 0.329 e. The van der Waals surface area contributed by atoms with Crippen LogP contribution >= 0.6 is 0 Å². The molecule has 5 heteroatoms. The zero-order valence-corrected chi connectivity index (χ0v) is 11.7. The summed E-state index contributed by atoms with van der Waals surface area (Å²) in [5.41, 5.74) is 1.51. The molecule has 2 N–H and O–H groups in total. The van der Waals surface area contributed by atoms with Crippen LogP contribution in [0.5, 0.6) is 0 Å². The van der Waals surface area contributed by atoms with Crippen molar-refractivity contribution in [2.75, 3.05) is 13.7 Å². The van der Waals surface area contributed by atoms with Gasteiger partial charge in [0.25, 0.3) is 0 Å². The van der Waals surface area contributed by atoms with Gasteiger partial charge in [0.05, 0.1) is 6.10 Å². The Bertz CT molecular complexity index is 356. The highest BCUT2D eigenvalue weighted by Gasteiger charge is 2.26. The number of hydrogen-bond donors (Lipinski definition) is 2. The summed E-state index contributed by atoms with van der Waals surface area (Å²) in [4.78, 5) is 22.9. The van der Waals surface area contributed by atoms with E-state index in [4.69, 9.17) is 9.84 Å². The summed E-state index contributed by atoms with van der Waals surface area (Å²) >= 11 is 0. The number of hydrogen-bond acceptors (Lipinski definition) is 4. The first-order valence-corrected chi connectivity index (χ1v) is 6.87. The second-order valence-corrected chi connectivity index (χ2v) is 4.71. The molecule has 19 heavy (non-hydrogen) atoms. The molecule has 1 rings (SSSR count). The minimum atomic E-state index is -1.00. The maximum absolute atomic E-state index is 12.3. The van der Waals surface area contributed by atoms with Crippen LogP contribution in [0.2, 0.25) is 0 Å². The summed E-state index contributed by atoms with van der Waals surface area (Å²) in [7, 11) is 1.78. The number of carboxylic acids is 1. The van der Waals surface area contributed by atoms with Crippen LogP contribution in [0, 0.1) is 0 Å². The third-order valence-corrected chi connectivity index (χ3v) is 3.38. The zero-order chi connectivity index (χ0) is 14.3. The molecule has 0 spiro atoms. The van der Waals surface area contributed by atoms with Crippen molar-refractivity contribution in [2.45, 2.75) is 51.6 Å². The van der Waals surface area contributed by atoms with Crippen LogP contribution in [0.4, 0.5) is 0 Å². The largest absolute Gasteiger partial charge is 0.480 e. The first-order valence-electron chi connectivity index (χ1n) is 6.87. The van der Waals surface area contributed by atoms with E-state index in [2.05, 4.69) is 5.32 Å². The van der Waals surface area contributed by atoms with E-state index >= 15 is 0 Å². The van der Waals surface area contributed by atoms with E-state index in [0.29, 0.717) is 24.8 Å². The Hall–Kier alpha value is -1.36. The summed E-state index contributed by atoms with van der Waals surface area (Å²) < 4.78 is 5.43. The molecule has 1 fully saturated rings. The Balaban J connectivity index is 2.98. The summed E-state index contributed by atoms with van der Waals surface area (Å²) in [6.07, 6.45) is 4.40. The van der Waals surface area contributed by atoms with Gasteiger partial charge in [-0.05, 0) is 19.3 Å². The molecule has 0 radical (unpaired) electrons. The second-order valence-electron chi connectivity index (χ2n) is 4.71. The van der Waals surface area contributed by atoms with Crippen LogP contribution in [-0.4, -0.2) is 36.6 Å². The van der Waals surface area contributed by atoms with Gasteiger partial charge in [-0.1, -0.05) is 19.8 Å². The number of carbonyl (C=O) groups is 2. The number of allylic oxidation sites excluding steroid dienone is 1. The molecule has 0 bridgehead atoms. The highest BCUT2D eigenvalue weighted by Crippen LogP contribution is 2.25. The van der Waals surface area contributed by atoms with Crippen molar-refractivity contribution < 1.29 is 19.4 Å². The van der Waals surface area contributed by atoms with E-state index in [1.165, 1.54) is 0 Å². The van der Waals surface area contributed by atoms with Gasteiger partial charge < -0.3 is 15.2 Å². The lowest BCUT2D eigenvalue weighted by Crippen LogP contribution is -2.29. The van der Waals surface area contributed by atoms with Crippen molar-refractivity contribution in [2.24, 2.45) is 0 Å². The van der Waals surface area contributed by atoms with Gasteiger partial charge >= 0.3 is 5.97 Å². The lowest BCUT2D eigenvalue weighted by atomic mass is 9.90. The van der Waals surface area contributed by atoms with Crippen molar-refractivity contribution in [1.29, 1.82) is 0 Å². The average Bonchev–Trinajstić information content (AvgIpc) is 2.37. The van der Waals surface area contributed by atoms with Crippen molar-refractivity contribution >= 4 is 11.8 Å². The maximum atomic E-state index is 12.3. The van der Waals surface area contributed by atoms with Crippen LogP contribution in [0.25, 0.3) is 0 Å². The number of nitrogens with one attached hydrogen (secondary N) is 1. The van der Waals surface area contributed by atoms with Gasteiger partial charge in [-0.2, -0.15) is 0 Å². The molecule has 0 aliphatic heterocycles. The third-order valence-electron chi connectivity index (χ3n) is 3.38. The van der Waals surface area contributed by atoms with Gasteiger partial charge in [0.15, 0.2) is 5.78 Å².